The normalized spacial score (nSPS) is 26.0. The van der Waals surface area contributed by atoms with Crippen molar-refractivity contribution in [2.75, 3.05) is 13.1 Å². The molecule has 0 unspecified atom stereocenters. The van der Waals surface area contributed by atoms with Gasteiger partial charge in [0.05, 0.1) is 0 Å². The molecule has 1 aromatic rings. The van der Waals surface area contributed by atoms with E-state index in [-0.39, 0.29) is 24.3 Å². The largest absolute Gasteiger partial charge is 0.354 e. The Hall–Kier alpha value is -2.37. The van der Waals surface area contributed by atoms with Crippen LogP contribution >= 0.6 is 0 Å². The molecule has 4 amide bonds. The number of hydrogen-bond donors (Lipinski definition) is 2. The molecule has 2 fully saturated rings. The van der Waals surface area contributed by atoms with Crippen LogP contribution in [0.3, 0.4) is 0 Å². The number of nitrogens with one attached hydrogen (secondary N) is 2. The predicted octanol–water partition coefficient (Wildman–Crippen LogP) is 1.85. The van der Waals surface area contributed by atoms with Gasteiger partial charge in [-0.25, -0.2) is 4.79 Å². The van der Waals surface area contributed by atoms with Crippen molar-refractivity contribution in [2.45, 2.75) is 44.6 Å². The van der Waals surface area contributed by atoms with Crippen LogP contribution in [0.1, 0.15) is 38.2 Å². The average Bonchev–Trinajstić information content (AvgIpc) is 2.84. The highest BCUT2D eigenvalue weighted by Crippen LogP contribution is 2.38. The summed E-state index contributed by atoms with van der Waals surface area (Å²) in [5.74, 6) is -0.452. The van der Waals surface area contributed by atoms with E-state index in [0.717, 1.165) is 29.7 Å². The second-order valence-electron chi connectivity index (χ2n) is 7.03. The van der Waals surface area contributed by atoms with Gasteiger partial charge >= 0.3 is 6.03 Å². The van der Waals surface area contributed by atoms with Gasteiger partial charge in [-0.1, -0.05) is 50.1 Å². The molecule has 6 nitrogen and oxygen atoms in total. The maximum absolute atomic E-state index is 12.8. The lowest BCUT2D eigenvalue weighted by Gasteiger charge is -2.36. The number of carbonyl (C=O) groups excluding carboxylic acids is 3. The minimum atomic E-state index is -0.806. The summed E-state index contributed by atoms with van der Waals surface area (Å²) in [7, 11) is 0. The maximum atomic E-state index is 12.8. The van der Waals surface area contributed by atoms with E-state index in [4.69, 9.17) is 0 Å². The molecule has 2 aliphatic rings. The molecule has 0 aromatic heterocycles. The first-order valence-electron chi connectivity index (χ1n) is 8.97. The molecule has 0 bridgehead atoms. The summed E-state index contributed by atoms with van der Waals surface area (Å²) in [6.07, 6.45) is 4.29. The van der Waals surface area contributed by atoms with Crippen molar-refractivity contribution in [3.8, 4) is 0 Å². The van der Waals surface area contributed by atoms with Crippen molar-refractivity contribution >= 4 is 17.8 Å². The van der Waals surface area contributed by atoms with Gasteiger partial charge < -0.3 is 10.6 Å². The first-order valence-corrected chi connectivity index (χ1v) is 8.97. The summed E-state index contributed by atoms with van der Waals surface area (Å²) >= 11 is 0. The van der Waals surface area contributed by atoms with Crippen LogP contribution in [0.4, 0.5) is 4.79 Å². The summed E-state index contributed by atoms with van der Waals surface area (Å²) in [5.41, 5.74) is 0.326. The van der Waals surface area contributed by atoms with E-state index < -0.39 is 11.6 Å². The lowest BCUT2D eigenvalue weighted by molar-refractivity contribution is -0.137. The van der Waals surface area contributed by atoms with Crippen molar-refractivity contribution in [1.82, 2.24) is 15.5 Å². The average molecular weight is 343 g/mol. The van der Waals surface area contributed by atoms with Crippen molar-refractivity contribution in [2.24, 2.45) is 5.92 Å². The van der Waals surface area contributed by atoms with Gasteiger partial charge in [0.15, 0.2) is 0 Å². The fraction of sp³-hybridized carbons (Fsp3) is 0.526. The number of nitrogens with zero attached hydrogens (tertiary/aromatic N) is 1. The molecule has 3 rings (SSSR count). The Morgan fingerprint density at radius 1 is 1.28 bits per heavy atom. The van der Waals surface area contributed by atoms with Gasteiger partial charge in [-0.15, -0.1) is 0 Å². The number of carbonyl (C=O) groups is 3. The summed E-state index contributed by atoms with van der Waals surface area (Å²) in [5, 5.41) is 5.65. The number of imide groups is 1. The Bertz CT molecular complexity index is 661. The fourth-order valence-electron chi connectivity index (χ4n) is 3.83. The molecule has 1 spiro atoms. The Balaban J connectivity index is 1.54. The van der Waals surface area contributed by atoms with Crippen molar-refractivity contribution < 1.29 is 14.4 Å². The molecule has 1 heterocycles. The van der Waals surface area contributed by atoms with E-state index in [1.165, 1.54) is 0 Å². The summed E-state index contributed by atoms with van der Waals surface area (Å²) < 4.78 is 0. The SMILES string of the molecule is C[C@H]1CCCC[C@]12NC(=O)N(CC(=O)NCCc1ccccc1)C2=O. The molecule has 1 aliphatic carbocycles. The fourth-order valence-corrected chi connectivity index (χ4v) is 3.83. The number of rotatable bonds is 5. The maximum Gasteiger partial charge on any atom is 0.325 e. The van der Waals surface area contributed by atoms with Gasteiger partial charge in [0.25, 0.3) is 5.91 Å². The molecule has 1 saturated carbocycles. The smallest absolute Gasteiger partial charge is 0.325 e. The minimum absolute atomic E-state index is 0.101. The summed E-state index contributed by atoms with van der Waals surface area (Å²) in [6, 6.07) is 9.40. The third-order valence-corrected chi connectivity index (χ3v) is 5.38. The topological polar surface area (TPSA) is 78.5 Å². The Morgan fingerprint density at radius 2 is 2.04 bits per heavy atom. The molecule has 1 saturated heterocycles. The second kappa shape index (κ2) is 7.25. The van der Waals surface area contributed by atoms with Gasteiger partial charge in [-0.05, 0) is 30.7 Å². The van der Waals surface area contributed by atoms with Crippen LogP contribution in [-0.2, 0) is 16.0 Å². The Labute approximate surface area is 148 Å². The lowest BCUT2D eigenvalue weighted by Crippen LogP contribution is -2.54. The number of urea groups is 1. The number of hydrogen-bond acceptors (Lipinski definition) is 3. The van der Waals surface area contributed by atoms with Crippen LogP contribution < -0.4 is 10.6 Å². The molecule has 25 heavy (non-hydrogen) atoms. The predicted molar refractivity (Wildman–Crippen MR) is 93.8 cm³/mol. The van der Waals surface area contributed by atoms with E-state index in [0.29, 0.717) is 19.4 Å². The molecule has 0 radical (unpaired) electrons. The van der Waals surface area contributed by atoms with E-state index >= 15 is 0 Å². The molecule has 1 aliphatic heterocycles. The Kier molecular flexibility index (Phi) is 5.06. The zero-order valence-electron chi connectivity index (χ0n) is 14.6. The van der Waals surface area contributed by atoms with E-state index in [9.17, 15) is 14.4 Å². The minimum Gasteiger partial charge on any atom is -0.354 e. The molecular formula is C19H25N3O3. The molecular weight excluding hydrogens is 318 g/mol. The first-order chi connectivity index (χ1) is 12.0. The summed E-state index contributed by atoms with van der Waals surface area (Å²) in [4.78, 5) is 38.3. The molecule has 6 heteroatoms. The molecule has 134 valence electrons. The van der Waals surface area contributed by atoms with Crippen molar-refractivity contribution in [3.63, 3.8) is 0 Å². The lowest BCUT2D eigenvalue weighted by atomic mass is 9.73. The van der Waals surface area contributed by atoms with Gasteiger partial charge in [0.2, 0.25) is 5.91 Å². The molecule has 1 aromatic carbocycles. The Morgan fingerprint density at radius 3 is 2.76 bits per heavy atom. The molecule has 2 atom stereocenters. The van der Waals surface area contributed by atoms with Crippen LogP contribution in [-0.4, -0.2) is 41.4 Å². The van der Waals surface area contributed by atoms with E-state index in [1.54, 1.807) is 0 Å². The highest BCUT2D eigenvalue weighted by atomic mass is 16.2. The summed E-state index contributed by atoms with van der Waals surface area (Å²) in [6.45, 7) is 2.27. The molecule has 2 N–H and O–H groups in total. The number of amides is 4. The van der Waals surface area contributed by atoms with Crippen LogP contribution in [0.2, 0.25) is 0 Å². The van der Waals surface area contributed by atoms with E-state index in [1.807, 2.05) is 37.3 Å². The zero-order valence-corrected chi connectivity index (χ0v) is 14.6. The van der Waals surface area contributed by atoms with Crippen molar-refractivity contribution in [3.05, 3.63) is 35.9 Å². The number of benzene rings is 1. The highest BCUT2D eigenvalue weighted by Gasteiger charge is 2.55. The van der Waals surface area contributed by atoms with Crippen molar-refractivity contribution in [1.29, 1.82) is 0 Å². The second-order valence-corrected chi connectivity index (χ2v) is 7.03. The van der Waals surface area contributed by atoms with Gasteiger partial charge in [0.1, 0.15) is 12.1 Å². The third-order valence-electron chi connectivity index (χ3n) is 5.38. The van der Waals surface area contributed by atoms with Gasteiger partial charge in [-0.2, -0.15) is 0 Å². The standard InChI is InChI=1S/C19H25N3O3/c1-14-7-5-6-11-19(14)17(24)22(18(25)21-19)13-16(23)20-12-10-15-8-3-2-4-9-15/h2-4,8-9,14H,5-7,10-13H2,1H3,(H,20,23)(H,21,25)/t14-,19-/m0/s1. The monoisotopic (exact) mass is 343 g/mol. The quantitative estimate of drug-likeness (QED) is 0.801. The first kappa shape index (κ1) is 17.5. The third kappa shape index (κ3) is 3.52. The van der Waals surface area contributed by atoms with Crippen LogP contribution in [0.15, 0.2) is 30.3 Å². The van der Waals surface area contributed by atoms with Crippen LogP contribution in [0, 0.1) is 5.92 Å². The van der Waals surface area contributed by atoms with Gasteiger partial charge in [-0.3, -0.25) is 14.5 Å². The van der Waals surface area contributed by atoms with Crippen LogP contribution in [0.5, 0.6) is 0 Å². The van der Waals surface area contributed by atoms with Crippen LogP contribution in [0.25, 0.3) is 0 Å². The highest BCUT2D eigenvalue weighted by molar-refractivity contribution is 6.09. The zero-order chi connectivity index (χ0) is 17.9. The van der Waals surface area contributed by atoms with Gasteiger partial charge in [0, 0.05) is 6.54 Å². The van der Waals surface area contributed by atoms with E-state index in [2.05, 4.69) is 10.6 Å².